The number of rotatable bonds is 5. The highest BCUT2D eigenvalue weighted by molar-refractivity contribution is 5.76. The van der Waals surface area contributed by atoms with Crippen LogP contribution >= 0.6 is 0 Å². The van der Waals surface area contributed by atoms with Gasteiger partial charge in [-0.1, -0.05) is 46.8 Å². The maximum Gasteiger partial charge on any atom is 0.221 e. The van der Waals surface area contributed by atoms with Crippen LogP contribution < -0.4 is 5.32 Å². The summed E-state index contributed by atoms with van der Waals surface area (Å²) in [6, 6.07) is 0.322. The molecule has 1 heterocycles. The SMILES string of the molecule is C=C(C)[C@@H]1CC[C@@H]2CC[C@]3(C)[C@H](CC[C@@H]4[C@@]5(C)CCC(NC(=O)CCN6CCCC6)C(C)(C)[C@@H]5CC[C@]43C)[C@H]21. The van der Waals surface area contributed by atoms with Crippen molar-refractivity contribution < 1.29 is 4.79 Å². The Kier molecular flexibility index (Phi) is 7.17. The van der Waals surface area contributed by atoms with Gasteiger partial charge in [0.15, 0.2) is 0 Å². The van der Waals surface area contributed by atoms with Crippen LogP contribution in [0.25, 0.3) is 0 Å². The van der Waals surface area contributed by atoms with Crippen molar-refractivity contribution in [3.63, 3.8) is 0 Å². The molecule has 0 aromatic carbocycles. The number of fused-ring (bicyclic) bond motifs is 7. The van der Waals surface area contributed by atoms with Crippen LogP contribution in [0.2, 0.25) is 0 Å². The highest BCUT2D eigenvalue weighted by Crippen LogP contribution is 2.76. The standard InChI is InChI=1S/C36H60N2O/c1-24(2)26-11-10-25-14-19-35(6)27(32(25)26)12-13-29-34(5)18-16-30(33(3,4)28(34)15-20-36(29,35)7)37-31(39)17-23-38-21-8-9-22-38/h25-30,32H,1,8-23H2,2-7H3,(H,37,39)/t25-,26+,27-,28+,29-,30?,32-,34+,35-,36-/m1/s1. The molecule has 0 aromatic heterocycles. The summed E-state index contributed by atoms with van der Waals surface area (Å²) in [4.78, 5) is 15.6. The minimum absolute atomic E-state index is 0.156. The average Bonchev–Trinajstić information content (AvgIpc) is 3.55. The zero-order chi connectivity index (χ0) is 27.8. The van der Waals surface area contributed by atoms with E-state index in [2.05, 4.69) is 58.3 Å². The molecule has 6 fully saturated rings. The predicted octanol–water partition coefficient (Wildman–Crippen LogP) is 8.24. The molecule has 3 heteroatoms. The number of carbonyl (C=O) groups excluding carboxylic acids is 1. The number of nitrogens with one attached hydrogen (secondary N) is 1. The summed E-state index contributed by atoms with van der Waals surface area (Å²) in [5.41, 5.74) is 2.92. The molecule has 0 spiro atoms. The van der Waals surface area contributed by atoms with Crippen LogP contribution in [0, 0.1) is 57.2 Å². The second-order valence-electron chi connectivity index (χ2n) is 16.9. The fraction of sp³-hybridized carbons (Fsp3) is 0.917. The highest BCUT2D eigenvalue weighted by atomic mass is 16.1. The van der Waals surface area contributed by atoms with Gasteiger partial charge in [-0.2, -0.15) is 0 Å². The van der Waals surface area contributed by atoms with E-state index in [1.54, 1.807) is 0 Å². The van der Waals surface area contributed by atoms with E-state index in [0.29, 0.717) is 34.6 Å². The fourth-order valence-electron chi connectivity index (χ4n) is 13.0. The summed E-state index contributed by atoms with van der Waals surface area (Å²) in [6.45, 7) is 23.4. The van der Waals surface area contributed by atoms with E-state index in [1.165, 1.54) is 89.3 Å². The van der Waals surface area contributed by atoms with E-state index >= 15 is 0 Å². The molecule has 1 unspecified atom stereocenters. The lowest BCUT2D eigenvalue weighted by molar-refractivity contribution is -0.231. The highest BCUT2D eigenvalue weighted by Gasteiger charge is 2.69. The predicted molar refractivity (Wildman–Crippen MR) is 162 cm³/mol. The Morgan fingerprint density at radius 1 is 0.846 bits per heavy atom. The number of allylic oxidation sites excluding steroid dienone is 1. The first kappa shape index (κ1) is 28.3. The monoisotopic (exact) mass is 536 g/mol. The third-order valence-electron chi connectivity index (χ3n) is 15.1. The minimum atomic E-state index is 0.156. The molecule has 0 aromatic rings. The van der Waals surface area contributed by atoms with Crippen LogP contribution in [-0.2, 0) is 4.79 Å². The first-order chi connectivity index (χ1) is 18.4. The van der Waals surface area contributed by atoms with Crippen molar-refractivity contribution in [2.45, 2.75) is 131 Å². The Bertz CT molecular complexity index is 965. The molecule has 39 heavy (non-hydrogen) atoms. The maximum absolute atomic E-state index is 13.1. The van der Waals surface area contributed by atoms with Crippen LogP contribution in [0.1, 0.15) is 125 Å². The number of carbonyl (C=O) groups is 1. The summed E-state index contributed by atoms with van der Waals surface area (Å²) >= 11 is 0. The van der Waals surface area contributed by atoms with Crippen LogP contribution in [0.3, 0.4) is 0 Å². The molecule has 1 saturated heterocycles. The van der Waals surface area contributed by atoms with Gasteiger partial charge in [0.25, 0.3) is 0 Å². The van der Waals surface area contributed by atoms with Gasteiger partial charge in [-0.3, -0.25) is 4.79 Å². The summed E-state index contributed by atoms with van der Waals surface area (Å²) in [5.74, 6) is 5.32. The Hall–Kier alpha value is -0.830. The Balaban J connectivity index is 1.20. The summed E-state index contributed by atoms with van der Waals surface area (Å²) < 4.78 is 0. The lowest BCUT2D eigenvalue weighted by Crippen LogP contribution is -2.67. The van der Waals surface area contributed by atoms with Gasteiger partial charge in [0, 0.05) is 19.0 Å². The number of amides is 1. The molecule has 0 bridgehead atoms. The van der Waals surface area contributed by atoms with E-state index < -0.39 is 0 Å². The second-order valence-corrected chi connectivity index (χ2v) is 16.9. The normalized spacial score (nSPS) is 48.9. The lowest BCUT2D eigenvalue weighted by Gasteiger charge is -2.72. The van der Waals surface area contributed by atoms with E-state index in [4.69, 9.17) is 0 Å². The number of hydrogen-bond donors (Lipinski definition) is 1. The molecular formula is C36H60N2O. The van der Waals surface area contributed by atoms with E-state index in [1.807, 2.05) is 0 Å². The van der Waals surface area contributed by atoms with Gasteiger partial charge >= 0.3 is 0 Å². The first-order valence-electron chi connectivity index (χ1n) is 17.1. The van der Waals surface area contributed by atoms with Crippen LogP contribution in [0.15, 0.2) is 12.2 Å². The molecule has 1 aliphatic heterocycles. The van der Waals surface area contributed by atoms with Crippen molar-refractivity contribution in [1.82, 2.24) is 10.2 Å². The van der Waals surface area contributed by atoms with Crippen LogP contribution in [0.5, 0.6) is 0 Å². The minimum Gasteiger partial charge on any atom is -0.353 e. The molecule has 220 valence electrons. The number of hydrogen-bond acceptors (Lipinski definition) is 2. The molecule has 5 aliphatic carbocycles. The number of nitrogens with zero attached hydrogens (tertiary/aromatic N) is 1. The molecule has 0 radical (unpaired) electrons. The molecule has 10 atom stereocenters. The zero-order valence-electron chi connectivity index (χ0n) is 26.4. The van der Waals surface area contributed by atoms with Gasteiger partial charge in [0.1, 0.15) is 0 Å². The zero-order valence-corrected chi connectivity index (χ0v) is 26.4. The van der Waals surface area contributed by atoms with Gasteiger partial charge in [-0.05, 0) is 154 Å². The fourth-order valence-corrected chi connectivity index (χ4v) is 13.0. The summed E-state index contributed by atoms with van der Waals surface area (Å²) in [5, 5.41) is 3.58. The number of likely N-dealkylation sites (tertiary alicyclic amines) is 1. The van der Waals surface area contributed by atoms with Crippen LogP contribution in [0.4, 0.5) is 0 Å². The van der Waals surface area contributed by atoms with Crippen LogP contribution in [-0.4, -0.2) is 36.5 Å². The van der Waals surface area contributed by atoms with Crippen molar-refractivity contribution in [2.75, 3.05) is 19.6 Å². The Morgan fingerprint density at radius 2 is 1.56 bits per heavy atom. The van der Waals surface area contributed by atoms with Gasteiger partial charge in [0.2, 0.25) is 5.91 Å². The molecule has 5 saturated carbocycles. The first-order valence-corrected chi connectivity index (χ1v) is 17.1. The molecule has 6 rings (SSSR count). The molecular weight excluding hydrogens is 476 g/mol. The molecule has 1 N–H and O–H groups in total. The van der Waals surface area contributed by atoms with Crippen molar-refractivity contribution >= 4 is 5.91 Å². The van der Waals surface area contributed by atoms with E-state index in [-0.39, 0.29) is 11.3 Å². The van der Waals surface area contributed by atoms with E-state index in [0.717, 1.165) is 42.6 Å². The molecule has 1 amide bonds. The summed E-state index contributed by atoms with van der Waals surface area (Å²) in [7, 11) is 0. The third kappa shape index (κ3) is 4.24. The molecule has 3 nitrogen and oxygen atoms in total. The van der Waals surface area contributed by atoms with Crippen molar-refractivity contribution in [2.24, 2.45) is 57.2 Å². The topological polar surface area (TPSA) is 32.3 Å². The Labute approximate surface area is 240 Å². The van der Waals surface area contributed by atoms with Gasteiger partial charge in [-0.25, -0.2) is 0 Å². The van der Waals surface area contributed by atoms with Gasteiger partial charge < -0.3 is 10.2 Å². The quantitative estimate of drug-likeness (QED) is 0.359. The van der Waals surface area contributed by atoms with Crippen molar-refractivity contribution in [1.29, 1.82) is 0 Å². The maximum atomic E-state index is 13.1. The van der Waals surface area contributed by atoms with Gasteiger partial charge in [0.05, 0.1) is 0 Å². The summed E-state index contributed by atoms with van der Waals surface area (Å²) in [6.07, 6.45) is 17.1. The van der Waals surface area contributed by atoms with Crippen molar-refractivity contribution in [3.05, 3.63) is 12.2 Å². The van der Waals surface area contributed by atoms with Crippen molar-refractivity contribution in [3.8, 4) is 0 Å². The second kappa shape index (κ2) is 9.88. The Morgan fingerprint density at radius 3 is 2.28 bits per heavy atom. The smallest absolute Gasteiger partial charge is 0.221 e. The lowest BCUT2D eigenvalue weighted by atomic mass is 9.33. The largest absolute Gasteiger partial charge is 0.353 e. The molecule has 6 aliphatic rings. The third-order valence-corrected chi connectivity index (χ3v) is 15.1. The van der Waals surface area contributed by atoms with E-state index in [9.17, 15) is 4.79 Å². The van der Waals surface area contributed by atoms with Gasteiger partial charge in [-0.15, -0.1) is 0 Å². The average molecular weight is 537 g/mol.